The van der Waals surface area contributed by atoms with Gasteiger partial charge in [-0.05, 0) is 50.6 Å². The predicted octanol–water partition coefficient (Wildman–Crippen LogP) is 3.00. The predicted molar refractivity (Wildman–Crippen MR) is 142 cm³/mol. The van der Waals surface area contributed by atoms with Gasteiger partial charge < -0.3 is 23.7 Å². The van der Waals surface area contributed by atoms with E-state index in [0.29, 0.717) is 28.7 Å². The summed E-state index contributed by atoms with van der Waals surface area (Å²) in [7, 11) is -0.952. The van der Waals surface area contributed by atoms with Crippen LogP contribution in [0.2, 0.25) is 0 Å². The number of rotatable bonds is 12. The molecule has 0 radical (unpaired) electrons. The minimum Gasteiger partial charge on any atom is -0.494 e. The van der Waals surface area contributed by atoms with Crippen molar-refractivity contribution in [3.8, 4) is 28.8 Å². The van der Waals surface area contributed by atoms with E-state index in [-0.39, 0.29) is 30.7 Å². The number of ether oxygens (including phenoxy) is 3. The third-order valence-corrected chi connectivity index (χ3v) is 8.12. The Balaban J connectivity index is 1.81. The molecule has 4 rings (SSSR count). The van der Waals surface area contributed by atoms with Gasteiger partial charge >= 0.3 is 0 Å². The van der Waals surface area contributed by atoms with Crippen molar-refractivity contribution >= 4 is 9.84 Å². The van der Waals surface area contributed by atoms with Crippen molar-refractivity contribution in [2.45, 2.75) is 37.9 Å². The fourth-order valence-corrected chi connectivity index (χ4v) is 5.45. The molecule has 0 saturated heterocycles. The van der Waals surface area contributed by atoms with E-state index in [1.807, 2.05) is 6.92 Å². The zero-order chi connectivity index (χ0) is 28.2. The van der Waals surface area contributed by atoms with Crippen LogP contribution < -0.4 is 9.47 Å². The van der Waals surface area contributed by atoms with E-state index in [1.165, 1.54) is 21.1 Å². The van der Waals surface area contributed by atoms with Crippen LogP contribution in [0.15, 0.2) is 47.1 Å². The molecule has 2 atom stereocenters. The highest BCUT2D eigenvalue weighted by molar-refractivity contribution is 7.91. The quantitative estimate of drug-likeness (QED) is 0.274. The van der Waals surface area contributed by atoms with Crippen LogP contribution in [0.5, 0.6) is 11.5 Å². The Morgan fingerprint density at radius 2 is 1.69 bits per heavy atom. The fourth-order valence-electron chi connectivity index (χ4n) is 4.06. The highest BCUT2D eigenvalue weighted by Gasteiger charge is 2.36. The lowest BCUT2D eigenvalue weighted by atomic mass is 10.2. The van der Waals surface area contributed by atoms with Crippen LogP contribution in [0, 0.1) is 13.8 Å². The van der Waals surface area contributed by atoms with Gasteiger partial charge in [-0.1, -0.05) is 6.07 Å². The molecule has 0 aliphatic carbocycles. The maximum Gasteiger partial charge on any atom is 0.204 e. The molecule has 1 N–H and O–H groups in total. The molecule has 12 nitrogen and oxygen atoms in total. The third kappa shape index (κ3) is 5.95. The topological polar surface area (TPSA) is 152 Å². The second kappa shape index (κ2) is 11.9. The monoisotopic (exact) mass is 557 g/mol. The van der Waals surface area contributed by atoms with Crippen LogP contribution >= 0.6 is 0 Å². The number of furan rings is 1. The summed E-state index contributed by atoms with van der Waals surface area (Å²) in [6.45, 7) is 4.76. The number of hydrogen-bond acceptors (Lipinski definition) is 11. The molecule has 0 aliphatic rings. The number of benzene rings is 1. The summed E-state index contributed by atoms with van der Waals surface area (Å²) < 4.78 is 51.9. The van der Waals surface area contributed by atoms with Crippen LogP contribution in [0.3, 0.4) is 0 Å². The summed E-state index contributed by atoms with van der Waals surface area (Å²) in [6, 6.07) is 8.71. The van der Waals surface area contributed by atoms with Crippen molar-refractivity contribution in [2.24, 2.45) is 0 Å². The lowest BCUT2D eigenvalue weighted by molar-refractivity contribution is 0.0226. The van der Waals surface area contributed by atoms with E-state index in [9.17, 15) is 13.5 Å². The summed E-state index contributed by atoms with van der Waals surface area (Å²) in [4.78, 5) is 8.54. The van der Waals surface area contributed by atoms with E-state index in [4.69, 9.17) is 18.6 Å². The summed E-state index contributed by atoms with van der Waals surface area (Å²) in [5.41, 5.74) is 1.24. The summed E-state index contributed by atoms with van der Waals surface area (Å²) >= 11 is 0. The second-order valence-corrected chi connectivity index (χ2v) is 11.2. The molecule has 3 aromatic heterocycles. The molecule has 0 fully saturated rings. The normalized spacial score (nSPS) is 13.3. The van der Waals surface area contributed by atoms with E-state index in [0.717, 1.165) is 5.56 Å². The molecule has 208 valence electrons. The standard InChI is InChI=1S/C26H31N5O7S/c1-16-13-27-25(28-14-16)24(37-12-11-32)18(3)39(33,34)15-22-29-30-26(21-10-9-17(2)38-21)31(22)23-19(35-4)7-6-8-20(23)36-5/h6-10,13-14,18,24,32H,11-12,15H2,1-5H3/t18-,24+/m0/s1. The first-order valence-electron chi connectivity index (χ1n) is 12.1. The van der Waals surface area contributed by atoms with Gasteiger partial charge in [0.1, 0.15) is 34.8 Å². The lowest BCUT2D eigenvalue weighted by Gasteiger charge is -2.23. The number of aryl methyl sites for hydroxylation is 2. The average Bonchev–Trinajstić information content (AvgIpc) is 3.54. The highest BCUT2D eigenvalue weighted by Crippen LogP contribution is 2.37. The minimum absolute atomic E-state index is 0.0850. The van der Waals surface area contributed by atoms with Crippen LogP contribution in [0.4, 0.5) is 0 Å². The first-order chi connectivity index (χ1) is 18.7. The molecule has 0 unspecified atom stereocenters. The van der Waals surface area contributed by atoms with Crippen molar-refractivity contribution in [1.29, 1.82) is 0 Å². The van der Waals surface area contributed by atoms with Gasteiger partial charge in [-0.2, -0.15) is 0 Å². The largest absolute Gasteiger partial charge is 0.494 e. The van der Waals surface area contributed by atoms with Gasteiger partial charge in [0.2, 0.25) is 5.82 Å². The Hall–Kier alpha value is -3.81. The minimum atomic E-state index is -3.96. The molecular formula is C26H31N5O7S. The van der Waals surface area contributed by atoms with Gasteiger partial charge in [-0.3, -0.25) is 4.57 Å². The molecule has 1 aromatic carbocycles. The SMILES string of the molecule is COc1cccc(OC)c1-n1c(CS(=O)(=O)[C@@H](C)[C@@H](OCCO)c2ncc(C)cn2)nnc1-c1ccc(C)o1. The number of nitrogens with zero attached hydrogens (tertiary/aromatic N) is 5. The Kier molecular flexibility index (Phi) is 8.63. The number of methoxy groups -OCH3 is 2. The van der Waals surface area contributed by atoms with E-state index >= 15 is 0 Å². The maximum absolute atomic E-state index is 13.8. The van der Waals surface area contributed by atoms with Crippen LogP contribution in [0.25, 0.3) is 17.3 Å². The molecule has 0 aliphatic heterocycles. The van der Waals surface area contributed by atoms with Crippen molar-refractivity contribution in [1.82, 2.24) is 24.7 Å². The number of aliphatic hydroxyl groups is 1. The van der Waals surface area contributed by atoms with Gasteiger partial charge in [-0.15, -0.1) is 10.2 Å². The number of aromatic nitrogens is 5. The van der Waals surface area contributed by atoms with E-state index in [2.05, 4.69) is 20.2 Å². The number of sulfone groups is 1. The molecule has 0 saturated carbocycles. The first kappa shape index (κ1) is 28.2. The fraction of sp³-hybridized carbons (Fsp3) is 0.385. The Labute approximate surface area is 226 Å². The molecule has 0 amide bonds. The van der Waals surface area contributed by atoms with Crippen LogP contribution in [-0.4, -0.2) is 70.9 Å². The summed E-state index contributed by atoms with van der Waals surface area (Å²) in [5, 5.41) is 16.8. The molecule has 0 bridgehead atoms. The zero-order valence-corrected chi connectivity index (χ0v) is 23.2. The van der Waals surface area contributed by atoms with Gasteiger partial charge in [0.15, 0.2) is 27.2 Å². The highest BCUT2D eigenvalue weighted by atomic mass is 32.2. The van der Waals surface area contributed by atoms with Crippen molar-refractivity contribution < 1.29 is 32.2 Å². The van der Waals surface area contributed by atoms with Gasteiger partial charge in [0.25, 0.3) is 0 Å². The van der Waals surface area contributed by atoms with Crippen LogP contribution in [-0.2, 0) is 20.3 Å². The molecular weight excluding hydrogens is 526 g/mol. The Morgan fingerprint density at radius 3 is 2.26 bits per heavy atom. The average molecular weight is 558 g/mol. The maximum atomic E-state index is 13.8. The Morgan fingerprint density at radius 1 is 1.03 bits per heavy atom. The van der Waals surface area contributed by atoms with E-state index < -0.39 is 26.9 Å². The number of para-hydroxylation sites is 1. The Bertz CT molecular complexity index is 1490. The smallest absolute Gasteiger partial charge is 0.204 e. The van der Waals surface area contributed by atoms with Crippen LogP contribution in [0.1, 0.15) is 36.0 Å². The second-order valence-electron chi connectivity index (χ2n) is 8.84. The number of aliphatic hydroxyl groups excluding tert-OH is 1. The van der Waals surface area contributed by atoms with Gasteiger partial charge in [-0.25, -0.2) is 18.4 Å². The molecule has 3 heterocycles. The summed E-state index contributed by atoms with van der Waals surface area (Å²) in [6.07, 6.45) is 2.14. The summed E-state index contributed by atoms with van der Waals surface area (Å²) in [5.74, 6) is 1.96. The number of hydrogen-bond donors (Lipinski definition) is 1. The molecule has 39 heavy (non-hydrogen) atoms. The third-order valence-electron chi connectivity index (χ3n) is 6.08. The molecule has 0 spiro atoms. The lowest BCUT2D eigenvalue weighted by Crippen LogP contribution is -2.31. The van der Waals surface area contributed by atoms with Crippen molar-refractivity contribution in [3.63, 3.8) is 0 Å². The van der Waals surface area contributed by atoms with Crippen molar-refractivity contribution in [2.75, 3.05) is 27.4 Å². The first-order valence-corrected chi connectivity index (χ1v) is 13.9. The van der Waals surface area contributed by atoms with Gasteiger partial charge in [0, 0.05) is 12.4 Å². The zero-order valence-electron chi connectivity index (χ0n) is 22.4. The van der Waals surface area contributed by atoms with Crippen molar-refractivity contribution in [3.05, 3.63) is 65.7 Å². The van der Waals surface area contributed by atoms with E-state index in [1.54, 1.807) is 54.2 Å². The van der Waals surface area contributed by atoms with Gasteiger partial charge in [0.05, 0.1) is 32.7 Å². The molecule has 4 aromatic rings. The molecule has 13 heteroatoms.